The molecule has 0 N–H and O–H groups in total. The van der Waals surface area contributed by atoms with Crippen LogP contribution in [0.2, 0.25) is 0 Å². The molecule has 30 heavy (non-hydrogen) atoms. The quantitative estimate of drug-likeness (QED) is 0.314. The largest absolute Gasteiger partial charge is 0.496 e. The summed E-state index contributed by atoms with van der Waals surface area (Å²) in [5.74, 6) is 1.51. The van der Waals surface area contributed by atoms with E-state index >= 15 is 0 Å². The number of hydrogen-bond donors (Lipinski definition) is 0. The van der Waals surface area contributed by atoms with Gasteiger partial charge in [-0.15, -0.1) is 10.2 Å². The zero-order valence-corrected chi connectivity index (χ0v) is 17.2. The summed E-state index contributed by atoms with van der Waals surface area (Å²) in [6.45, 7) is 0.600. The van der Waals surface area contributed by atoms with Gasteiger partial charge in [0, 0.05) is 18.0 Å². The minimum atomic E-state index is -0.0189. The predicted molar refractivity (Wildman–Crippen MR) is 117 cm³/mol. The number of benzene rings is 2. The van der Waals surface area contributed by atoms with E-state index in [4.69, 9.17) is 4.74 Å². The van der Waals surface area contributed by atoms with Crippen LogP contribution in [-0.4, -0.2) is 38.4 Å². The summed E-state index contributed by atoms with van der Waals surface area (Å²) in [7, 11) is 1.57. The average Bonchev–Trinajstić information content (AvgIpc) is 3.21. The number of Topliss-reactive ketones (excluding diaryl/α,β-unsaturated/α-hetero) is 1. The van der Waals surface area contributed by atoms with Crippen LogP contribution in [0.5, 0.6) is 5.75 Å². The van der Waals surface area contributed by atoms with E-state index in [1.54, 1.807) is 31.6 Å². The summed E-state index contributed by atoms with van der Waals surface area (Å²) in [6.07, 6.45) is 3.49. The van der Waals surface area contributed by atoms with Crippen molar-refractivity contribution in [2.24, 2.45) is 0 Å². The van der Waals surface area contributed by atoms with Crippen LogP contribution >= 0.6 is 11.8 Å². The van der Waals surface area contributed by atoms with Crippen molar-refractivity contribution >= 4 is 17.5 Å². The highest BCUT2D eigenvalue weighted by atomic mass is 32.2. The number of carbonyl (C=O) groups is 1. The first-order valence-electron chi connectivity index (χ1n) is 9.43. The summed E-state index contributed by atoms with van der Waals surface area (Å²) in [5, 5.41) is 9.43. The van der Waals surface area contributed by atoms with E-state index < -0.39 is 0 Å². The van der Waals surface area contributed by atoms with Crippen molar-refractivity contribution in [3.05, 3.63) is 90.3 Å². The topological polar surface area (TPSA) is 69.9 Å². The van der Waals surface area contributed by atoms with Crippen LogP contribution in [0.15, 0.2) is 84.3 Å². The van der Waals surface area contributed by atoms with E-state index in [9.17, 15) is 4.79 Å². The van der Waals surface area contributed by atoms with Crippen LogP contribution in [0.1, 0.15) is 15.9 Å². The predicted octanol–water partition coefficient (Wildman–Crippen LogP) is 4.37. The van der Waals surface area contributed by atoms with Gasteiger partial charge >= 0.3 is 0 Å². The third-order valence-electron chi connectivity index (χ3n) is 4.56. The summed E-state index contributed by atoms with van der Waals surface area (Å²) in [6, 6.07) is 21.2. The number of methoxy groups -OCH3 is 1. The number of rotatable bonds is 8. The number of pyridine rings is 1. The van der Waals surface area contributed by atoms with Crippen LogP contribution in [0, 0.1) is 0 Å². The highest BCUT2D eigenvalue weighted by molar-refractivity contribution is 7.99. The molecule has 0 fully saturated rings. The van der Waals surface area contributed by atoms with Crippen LogP contribution in [-0.2, 0) is 6.54 Å². The fraction of sp³-hybridized carbons (Fsp3) is 0.130. The monoisotopic (exact) mass is 416 g/mol. The Morgan fingerprint density at radius 1 is 1.00 bits per heavy atom. The molecular formula is C23H20N4O2S. The molecule has 0 aliphatic rings. The first-order valence-corrected chi connectivity index (χ1v) is 10.4. The SMILES string of the molecule is COc1ccccc1C(=O)CSc1nnc(-c2cccnc2)n1Cc1ccccc1. The van der Waals surface area contributed by atoms with Crippen molar-refractivity contribution in [2.45, 2.75) is 11.7 Å². The van der Waals surface area contributed by atoms with E-state index in [1.165, 1.54) is 11.8 Å². The zero-order chi connectivity index (χ0) is 20.8. The Kier molecular flexibility index (Phi) is 6.20. The van der Waals surface area contributed by atoms with Crippen LogP contribution < -0.4 is 4.74 Å². The Morgan fingerprint density at radius 3 is 2.57 bits per heavy atom. The number of aromatic nitrogens is 4. The minimum absolute atomic E-state index is 0.0189. The van der Waals surface area contributed by atoms with Crippen molar-refractivity contribution in [3.8, 4) is 17.1 Å². The van der Waals surface area contributed by atoms with Gasteiger partial charge in [-0.3, -0.25) is 14.3 Å². The van der Waals surface area contributed by atoms with E-state index in [-0.39, 0.29) is 11.5 Å². The van der Waals surface area contributed by atoms with Crippen LogP contribution in [0.25, 0.3) is 11.4 Å². The Hall–Kier alpha value is -3.45. The molecule has 0 bridgehead atoms. The maximum Gasteiger partial charge on any atom is 0.192 e. The van der Waals surface area contributed by atoms with E-state index in [1.807, 2.05) is 47.0 Å². The number of ketones is 1. The molecule has 0 atom stereocenters. The fourth-order valence-electron chi connectivity index (χ4n) is 3.10. The Bertz CT molecular complexity index is 1130. The maximum atomic E-state index is 12.8. The minimum Gasteiger partial charge on any atom is -0.496 e. The summed E-state index contributed by atoms with van der Waals surface area (Å²) in [4.78, 5) is 17.0. The van der Waals surface area contributed by atoms with Gasteiger partial charge in [-0.05, 0) is 29.8 Å². The molecule has 2 aromatic carbocycles. The molecule has 4 rings (SSSR count). The number of nitrogens with zero attached hydrogens (tertiary/aromatic N) is 4. The third kappa shape index (κ3) is 4.41. The molecule has 6 nitrogen and oxygen atoms in total. The molecule has 0 unspecified atom stereocenters. The summed E-state index contributed by atoms with van der Waals surface area (Å²) < 4.78 is 7.33. The lowest BCUT2D eigenvalue weighted by molar-refractivity contribution is 0.101. The Balaban J connectivity index is 1.61. The molecule has 0 aliphatic carbocycles. The lowest BCUT2D eigenvalue weighted by Crippen LogP contribution is -2.08. The molecule has 7 heteroatoms. The van der Waals surface area contributed by atoms with E-state index in [2.05, 4.69) is 27.3 Å². The lowest BCUT2D eigenvalue weighted by atomic mass is 10.1. The molecule has 0 radical (unpaired) electrons. The van der Waals surface area contributed by atoms with Crippen molar-refractivity contribution < 1.29 is 9.53 Å². The Labute approximate surface area is 179 Å². The van der Waals surface area contributed by atoms with Crippen LogP contribution in [0.4, 0.5) is 0 Å². The summed E-state index contributed by atoms with van der Waals surface area (Å²) in [5.41, 5.74) is 2.57. The first-order chi connectivity index (χ1) is 14.8. The molecule has 2 aromatic heterocycles. The lowest BCUT2D eigenvalue weighted by Gasteiger charge is -2.11. The number of thioether (sulfide) groups is 1. The first kappa shape index (κ1) is 19.8. The van der Waals surface area contributed by atoms with Gasteiger partial charge in [0.05, 0.1) is 25.0 Å². The number of hydrogen-bond acceptors (Lipinski definition) is 6. The highest BCUT2D eigenvalue weighted by Crippen LogP contribution is 2.26. The van der Waals surface area contributed by atoms with Gasteiger partial charge in [0.25, 0.3) is 0 Å². The fourth-order valence-corrected chi connectivity index (χ4v) is 3.92. The van der Waals surface area contributed by atoms with Gasteiger partial charge in [-0.2, -0.15) is 0 Å². The molecule has 0 aliphatic heterocycles. The zero-order valence-electron chi connectivity index (χ0n) is 16.4. The smallest absolute Gasteiger partial charge is 0.192 e. The van der Waals surface area contributed by atoms with Crippen LogP contribution in [0.3, 0.4) is 0 Å². The van der Waals surface area contributed by atoms with Crippen molar-refractivity contribution in [2.75, 3.05) is 12.9 Å². The molecule has 0 spiro atoms. The molecule has 0 saturated carbocycles. The van der Waals surface area contributed by atoms with Crippen molar-refractivity contribution in [1.82, 2.24) is 19.7 Å². The molecule has 2 heterocycles. The number of ether oxygens (including phenoxy) is 1. The molecule has 0 amide bonds. The van der Waals surface area contributed by atoms with Gasteiger partial charge in [0.1, 0.15) is 5.75 Å². The standard InChI is InChI=1S/C23H20N4O2S/c1-29-21-12-6-5-11-19(21)20(28)16-30-23-26-25-22(18-10-7-13-24-14-18)27(23)15-17-8-3-2-4-9-17/h2-14H,15-16H2,1H3. The van der Waals surface area contributed by atoms with E-state index in [0.717, 1.165) is 17.0 Å². The highest BCUT2D eigenvalue weighted by Gasteiger charge is 2.18. The third-order valence-corrected chi connectivity index (χ3v) is 5.53. The van der Waals surface area contributed by atoms with Gasteiger partial charge in [0.2, 0.25) is 0 Å². The second kappa shape index (κ2) is 9.37. The number of para-hydroxylation sites is 1. The van der Waals surface area contributed by atoms with E-state index in [0.29, 0.717) is 23.0 Å². The normalized spacial score (nSPS) is 10.7. The number of carbonyl (C=O) groups excluding carboxylic acids is 1. The molecular weight excluding hydrogens is 396 g/mol. The molecule has 150 valence electrons. The average molecular weight is 417 g/mol. The van der Waals surface area contributed by atoms with Crippen molar-refractivity contribution in [1.29, 1.82) is 0 Å². The van der Waals surface area contributed by atoms with Gasteiger partial charge < -0.3 is 4.74 Å². The van der Waals surface area contributed by atoms with Gasteiger partial charge in [-0.1, -0.05) is 54.2 Å². The second-order valence-electron chi connectivity index (χ2n) is 6.53. The van der Waals surface area contributed by atoms with Gasteiger partial charge in [0.15, 0.2) is 16.8 Å². The summed E-state index contributed by atoms with van der Waals surface area (Å²) >= 11 is 1.37. The van der Waals surface area contributed by atoms with Crippen molar-refractivity contribution in [3.63, 3.8) is 0 Å². The van der Waals surface area contributed by atoms with Gasteiger partial charge in [-0.25, -0.2) is 0 Å². The second-order valence-corrected chi connectivity index (χ2v) is 7.47. The molecule has 4 aromatic rings. The molecule has 0 saturated heterocycles. The Morgan fingerprint density at radius 2 is 1.80 bits per heavy atom. The maximum absolute atomic E-state index is 12.8.